The van der Waals surface area contributed by atoms with Crippen LogP contribution in [0.5, 0.6) is 0 Å². The van der Waals surface area contributed by atoms with Gasteiger partial charge in [0.25, 0.3) is 10.0 Å². The lowest BCUT2D eigenvalue weighted by molar-refractivity contribution is -0.137. The standard InChI is InChI=1S/C17H13F3N4O2S2/c18-17(19,20)13-4-2-1-3-12(13)10-5-7-11(8-6-10)14-9-24-15(22-14)27-16(23-24)28(21,25)26/h1-8,14H,9H2,(H2,21,25,26). The molecule has 0 spiro atoms. The maximum Gasteiger partial charge on any atom is 0.417 e. The Kier molecular flexibility index (Phi) is 4.47. The van der Waals surface area contributed by atoms with Gasteiger partial charge in [-0.25, -0.2) is 18.6 Å². The van der Waals surface area contributed by atoms with E-state index in [-0.39, 0.29) is 16.0 Å². The van der Waals surface area contributed by atoms with E-state index in [4.69, 9.17) is 5.14 Å². The van der Waals surface area contributed by atoms with Crippen LogP contribution in [0.15, 0.2) is 58.6 Å². The minimum Gasteiger partial charge on any atom is -0.251 e. The zero-order valence-corrected chi connectivity index (χ0v) is 15.7. The smallest absolute Gasteiger partial charge is 0.251 e. The van der Waals surface area contributed by atoms with Gasteiger partial charge >= 0.3 is 6.18 Å². The van der Waals surface area contributed by atoms with E-state index in [2.05, 4.69) is 10.1 Å². The van der Waals surface area contributed by atoms with Crippen molar-refractivity contribution in [1.82, 2.24) is 5.01 Å². The number of aliphatic imine (C=N–C) groups is 1. The molecule has 1 unspecified atom stereocenters. The van der Waals surface area contributed by atoms with Crippen LogP contribution in [0.1, 0.15) is 17.2 Å². The highest BCUT2D eigenvalue weighted by Crippen LogP contribution is 2.38. The van der Waals surface area contributed by atoms with Gasteiger partial charge in [0.15, 0.2) is 5.17 Å². The van der Waals surface area contributed by atoms with Gasteiger partial charge in [0.1, 0.15) is 0 Å². The average Bonchev–Trinajstić information content (AvgIpc) is 3.20. The Hall–Kier alpha value is -2.37. The van der Waals surface area contributed by atoms with E-state index in [0.29, 0.717) is 17.3 Å². The highest BCUT2D eigenvalue weighted by Gasteiger charge is 2.36. The monoisotopic (exact) mass is 426 g/mol. The van der Waals surface area contributed by atoms with E-state index in [9.17, 15) is 21.6 Å². The van der Waals surface area contributed by atoms with Crippen molar-refractivity contribution in [3.63, 3.8) is 0 Å². The molecule has 146 valence electrons. The molecule has 4 rings (SSSR count). The molecule has 2 aliphatic rings. The Labute approximate surface area is 163 Å². The predicted octanol–water partition coefficient (Wildman–Crippen LogP) is 3.39. The number of sulfonamides is 1. The van der Waals surface area contributed by atoms with E-state index in [0.717, 1.165) is 23.4 Å². The first-order chi connectivity index (χ1) is 13.1. The number of halogens is 3. The summed E-state index contributed by atoms with van der Waals surface area (Å²) < 4.78 is 62.1. The van der Waals surface area contributed by atoms with E-state index >= 15 is 0 Å². The van der Waals surface area contributed by atoms with E-state index < -0.39 is 21.8 Å². The van der Waals surface area contributed by atoms with E-state index in [1.54, 1.807) is 30.3 Å². The second-order valence-electron chi connectivity index (χ2n) is 6.19. The van der Waals surface area contributed by atoms with Crippen LogP contribution in [0.4, 0.5) is 13.2 Å². The maximum absolute atomic E-state index is 13.2. The van der Waals surface area contributed by atoms with Gasteiger partial charge in [0, 0.05) is 0 Å². The largest absolute Gasteiger partial charge is 0.417 e. The van der Waals surface area contributed by atoms with Crippen molar-refractivity contribution in [1.29, 1.82) is 0 Å². The second-order valence-corrected chi connectivity index (χ2v) is 8.88. The summed E-state index contributed by atoms with van der Waals surface area (Å²) in [6.45, 7) is 0.333. The van der Waals surface area contributed by atoms with Crippen molar-refractivity contribution in [2.75, 3.05) is 6.54 Å². The topological polar surface area (TPSA) is 88.1 Å². The van der Waals surface area contributed by atoms with Crippen molar-refractivity contribution in [2.24, 2.45) is 15.2 Å². The minimum absolute atomic E-state index is 0.109. The number of nitrogens with two attached hydrogens (primary N) is 1. The molecule has 2 heterocycles. The number of hydrazone groups is 1. The summed E-state index contributed by atoms with van der Waals surface area (Å²) in [5, 5.41) is 10.9. The van der Waals surface area contributed by atoms with E-state index in [1.807, 2.05) is 0 Å². The van der Waals surface area contributed by atoms with Gasteiger partial charge < -0.3 is 0 Å². The number of alkyl halides is 3. The quantitative estimate of drug-likeness (QED) is 0.797. The van der Waals surface area contributed by atoms with Crippen LogP contribution in [0.25, 0.3) is 11.1 Å². The molecule has 28 heavy (non-hydrogen) atoms. The lowest BCUT2D eigenvalue weighted by Gasteiger charge is -2.14. The molecule has 0 radical (unpaired) electrons. The summed E-state index contributed by atoms with van der Waals surface area (Å²) in [4.78, 5) is 4.43. The third kappa shape index (κ3) is 3.52. The Morgan fingerprint density at radius 3 is 2.39 bits per heavy atom. The summed E-state index contributed by atoms with van der Waals surface area (Å²) in [5.41, 5.74) is 0.665. The molecule has 0 amide bonds. The second kappa shape index (κ2) is 6.61. The van der Waals surface area contributed by atoms with Crippen LogP contribution >= 0.6 is 11.8 Å². The first-order valence-electron chi connectivity index (χ1n) is 8.04. The number of amidine groups is 1. The zero-order chi connectivity index (χ0) is 20.1. The zero-order valence-electron chi connectivity index (χ0n) is 14.1. The number of hydrogen-bond donors (Lipinski definition) is 1. The molecule has 11 heteroatoms. The molecule has 0 aliphatic carbocycles. The molecule has 2 aliphatic heterocycles. The molecule has 2 N–H and O–H groups in total. The molecular formula is C17H13F3N4O2S2. The average molecular weight is 426 g/mol. The lowest BCUT2D eigenvalue weighted by Crippen LogP contribution is -2.20. The summed E-state index contributed by atoms with van der Waals surface area (Å²) in [6, 6.07) is 11.8. The van der Waals surface area contributed by atoms with Gasteiger partial charge in [-0.3, -0.25) is 4.99 Å². The number of benzene rings is 2. The van der Waals surface area contributed by atoms with Gasteiger partial charge in [0.2, 0.25) is 4.38 Å². The first-order valence-corrected chi connectivity index (χ1v) is 10.4. The Balaban J connectivity index is 1.57. The number of thioether (sulfide) groups is 1. The van der Waals surface area contributed by atoms with Crippen molar-refractivity contribution in [3.05, 3.63) is 59.7 Å². The van der Waals surface area contributed by atoms with Crippen LogP contribution < -0.4 is 5.14 Å². The fourth-order valence-corrected chi connectivity index (χ4v) is 4.60. The van der Waals surface area contributed by atoms with Crippen LogP contribution in [0.2, 0.25) is 0 Å². The number of primary sulfonamides is 1. The van der Waals surface area contributed by atoms with Crippen molar-refractivity contribution in [3.8, 4) is 11.1 Å². The van der Waals surface area contributed by atoms with E-state index in [1.165, 1.54) is 17.1 Å². The van der Waals surface area contributed by atoms with Gasteiger partial charge in [-0.2, -0.15) is 13.2 Å². The molecule has 0 saturated carbocycles. The molecule has 0 fully saturated rings. The molecule has 6 nitrogen and oxygen atoms in total. The van der Waals surface area contributed by atoms with Crippen molar-refractivity contribution in [2.45, 2.75) is 12.2 Å². The highest BCUT2D eigenvalue weighted by molar-refractivity contribution is 8.42. The van der Waals surface area contributed by atoms with Crippen LogP contribution in [0, 0.1) is 0 Å². The summed E-state index contributed by atoms with van der Waals surface area (Å²) in [5.74, 6) is 0. The first kappa shape index (κ1) is 19.0. The van der Waals surface area contributed by atoms with Gasteiger partial charge in [-0.15, -0.1) is 5.10 Å². The predicted molar refractivity (Wildman–Crippen MR) is 102 cm³/mol. The number of nitrogens with zero attached hydrogens (tertiary/aromatic N) is 3. The van der Waals surface area contributed by atoms with Gasteiger partial charge in [-0.1, -0.05) is 42.5 Å². The summed E-state index contributed by atoms with van der Waals surface area (Å²) in [6.07, 6.45) is -4.44. The van der Waals surface area contributed by atoms with Gasteiger partial charge in [-0.05, 0) is 34.5 Å². The summed E-state index contributed by atoms with van der Waals surface area (Å²) in [7, 11) is -3.88. The fourth-order valence-electron chi connectivity index (χ4n) is 3.00. The lowest BCUT2D eigenvalue weighted by atomic mass is 9.97. The van der Waals surface area contributed by atoms with Crippen LogP contribution in [-0.4, -0.2) is 29.5 Å². The molecule has 1 atom stereocenters. The normalized spacial score (nSPS) is 19.4. The van der Waals surface area contributed by atoms with Crippen LogP contribution in [-0.2, 0) is 16.2 Å². The minimum atomic E-state index is -4.44. The van der Waals surface area contributed by atoms with Crippen molar-refractivity contribution < 1.29 is 21.6 Å². The van der Waals surface area contributed by atoms with Gasteiger partial charge in [0.05, 0.1) is 18.2 Å². The van der Waals surface area contributed by atoms with Crippen molar-refractivity contribution >= 4 is 31.3 Å². The molecule has 0 aromatic heterocycles. The molecule has 0 bridgehead atoms. The number of hydrogen-bond acceptors (Lipinski definition) is 6. The summed E-state index contributed by atoms with van der Waals surface area (Å²) >= 11 is 0.879. The Bertz CT molecular complexity index is 1100. The highest BCUT2D eigenvalue weighted by atomic mass is 32.3. The molecule has 0 saturated heterocycles. The SMILES string of the molecule is NS(=O)(=O)C1=NN2CC(c3ccc(-c4ccccc4C(F)(F)F)cc3)N=C2S1. The Morgan fingerprint density at radius 1 is 1.11 bits per heavy atom. The molecular weight excluding hydrogens is 413 g/mol. The number of fused-ring (bicyclic) bond motifs is 1. The fraction of sp³-hybridized carbons (Fsp3) is 0.176. The maximum atomic E-state index is 13.2. The Morgan fingerprint density at radius 2 is 1.79 bits per heavy atom. The third-order valence-electron chi connectivity index (χ3n) is 4.30. The van der Waals surface area contributed by atoms with Crippen LogP contribution in [0.3, 0.4) is 0 Å². The third-order valence-corrected chi connectivity index (χ3v) is 6.57. The molecule has 2 aromatic rings. The molecule has 2 aromatic carbocycles. The number of rotatable bonds is 2.